The highest BCUT2D eigenvalue weighted by molar-refractivity contribution is 14.0. The first-order chi connectivity index (χ1) is 12.6. The van der Waals surface area contributed by atoms with Crippen molar-refractivity contribution >= 4 is 40.0 Å². The lowest BCUT2D eigenvalue weighted by molar-refractivity contribution is 0.260. The molecule has 3 heterocycles. The second-order valence-electron chi connectivity index (χ2n) is 5.94. The molecule has 1 aliphatic rings. The van der Waals surface area contributed by atoms with Crippen molar-refractivity contribution in [1.29, 1.82) is 0 Å². The third kappa shape index (κ3) is 5.94. The van der Waals surface area contributed by atoms with Crippen LogP contribution in [0.4, 0.5) is 0 Å². The van der Waals surface area contributed by atoms with Gasteiger partial charge in [0, 0.05) is 52.3 Å². The minimum Gasteiger partial charge on any atom is -0.469 e. The van der Waals surface area contributed by atoms with Gasteiger partial charge in [-0.1, -0.05) is 5.16 Å². The number of furan rings is 1. The van der Waals surface area contributed by atoms with Crippen LogP contribution in [0, 0.1) is 0 Å². The average molecular weight is 509 g/mol. The number of sulfonamides is 1. The van der Waals surface area contributed by atoms with Crippen molar-refractivity contribution < 1.29 is 17.4 Å². The van der Waals surface area contributed by atoms with Crippen LogP contribution in [-0.2, 0) is 22.2 Å². The number of aliphatic imine (C=N–C) groups is 1. The van der Waals surface area contributed by atoms with Crippen LogP contribution in [0.5, 0.6) is 0 Å². The van der Waals surface area contributed by atoms with Gasteiger partial charge in [-0.3, -0.25) is 4.99 Å². The van der Waals surface area contributed by atoms with Crippen LogP contribution < -0.4 is 5.32 Å². The SMILES string of the molecule is CN=C(NCCc1ccco1)N1CCN(S(=O)(=O)Cc2ccon2)CC1.I. The summed E-state index contributed by atoms with van der Waals surface area (Å²) < 4.78 is 36.5. The van der Waals surface area contributed by atoms with Crippen molar-refractivity contribution in [2.24, 2.45) is 4.99 Å². The molecule has 0 unspecified atom stereocenters. The molecular weight excluding hydrogens is 485 g/mol. The molecule has 1 N–H and O–H groups in total. The zero-order chi connectivity index (χ0) is 18.4. The number of nitrogens with one attached hydrogen (secondary N) is 1. The third-order valence-electron chi connectivity index (χ3n) is 4.20. The van der Waals surface area contributed by atoms with E-state index in [1.54, 1.807) is 19.4 Å². The summed E-state index contributed by atoms with van der Waals surface area (Å²) in [6.45, 7) is 2.69. The predicted octanol–water partition coefficient (Wildman–Crippen LogP) is 1.15. The van der Waals surface area contributed by atoms with Crippen LogP contribution in [0.25, 0.3) is 0 Å². The van der Waals surface area contributed by atoms with Crippen LogP contribution in [0.1, 0.15) is 11.5 Å². The van der Waals surface area contributed by atoms with Crippen LogP contribution in [0.2, 0.25) is 0 Å². The summed E-state index contributed by atoms with van der Waals surface area (Å²) in [4.78, 5) is 6.35. The van der Waals surface area contributed by atoms with Crippen LogP contribution in [-0.4, -0.2) is 68.5 Å². The fraction of sp³-hybridized carbons (Fsp3) is 0.500. The zero-order valence-electron chi connectivity index (χ0n) is 15.1. The van der Waals surface area contributed by atoms with Crippen molar-refractivity contribution in [3.05, 3.63) is 42.2 Å². The number of piperazine rings is 1. The summed E-state index contributed by atoms with van der Waals surface area (Å²) in [5, 5.41) is 6.97. The largest absolute Gasteiger partial charge is 0.469 e. The van der Waals surface area contributed by atoms with Gasteiger partial charge in [0.15, 0.2) is 5.96 Å². The average Bonchev–Trinajstić information content (AvgIpc) is 3.33. The molecule has 11 heteroatoms. The molecule has 27 heavy (non-hydrogen) atoms. The van der Waals surface area contributed by atoms with E-state index in [-0.39, 0.29) is 29.7 Å². The van der Waals surface area contributed by atoms with Gasteiger partial charge in [-0.2, -0.15) is 4.31 Å². The molecular formula is C16H24IN5O4S. The Bertz CT molecular complexity index is 800. The van der Waals surface area contributed by atoms with Gasteiger partial charge in [-0.25, -0.2) is 8.42 Å². The van der Waals surface area contributed by atoms with E-state index in [4.69, 9.17) is 8.94 Å². The van der Waals surface area contributed by atoms with Crippen molar-refractivity contribution in [2.45, 2.75) is 12.2 Å². The van der Waals surface area contributed by atoms with E-state index in [0.29, 0.717) is 38.4 Å². The zero-order valence-corrected chi connectivity index (χ0v) is 18.2. The first-order valence-electron chi connectivity index (χ1n) is 8.43. The molecule has 0 atom stereocenters. The van der Waals surface area contributed by atoms with Crippen molar-refractivity contribution in [3.63, 3.8) is 0 Å². The maximum absolute atomic E-state index is 12.5. The molecule has 3 rings (SSSR count). The second-order valence-corrected chi connectivity index (χ2v) is 7.91. The molecule has 9 nitrogen and oxygen atoms in total. The molecule has 150 valence electrons. The molecule has 1 aliphatic heterocycles. The van der Waals surface area contributed by atoms with Crippen molar-refractivity contribution in [1.82, 2.24) is 19.7 Å². The van der Waals surface area contributed by atoms with Gasteiger partial charge in [0.25, 0.3) is 0 Å². The Kier molecular flexibility index (Phi) is 8.10. The van der Waals surface area contributed by atoms with Gasteiger partial charge in [0.1, 0.15) is 17.8 Å². The summed E-state index contributed by atoms with van der Waals surface area (Å²) in [7, 11) is -1.67. The van der Waals surface area contributed by atoms with E-state index in [0.717, 1.165) is 18.1 Å². The van der Waals surface area contributed by atoms with Gasteiger partial charge in [0.2, 0.25) is 10.0 Å². The Morgan fingerprint density at radius 3 is 2.63 bits per heavy atom. The van der Waals surface area contributed by atoms with E-state index in [1.807, 2.05) is 12.1 Å². The number of aromatic nitrogens is 1. The number of hydrogen-bond acceptors (Lipinski definition) is 6. The number of rotatable bonds is 6. The van der Waals surface area contributed by atoms with E-state index >= 15 is 0 Å². The summed E-state index contributed by atoms with van der Waals surface area (Å²) in [6.07, 6.45) is 3.79. The normalized spacial score (nSPS) is 16.2. The van der Waals surface area contributed by atoms with Gasteiger partial charge in [-0.15, -0.1) is 24.0 Å². The Labute approximate surface area is 175 Å². The fourth-order valence-electron chi connectivity index (χ4n) is 2.85. The lowest BCUT2D eigenvalue weighted by Gasteiger charge is -2.35. The molecule has 0 bridgehead atoms. The Balaban J connectivity index is 0.00000261. The van der Waals surface area contributed by atoms with Crippen LogP contribution >= 0.6 is 24.0 Å². The fourth-order valence-corrected chi connectivity index (χ4v) is 4.28. The lowest BCUT2D eigenvalue weighted by Crippen LogP contribution is -2.54. The van der Waals surface area contributed by atoms with E-state index < -0.39 is 10.0 Å². The molecule has 0 spiro atoms. The summed E-state index contributed by atoms with van der Waals surface area (Å²) in [6, 6.07) is 5.37. The molecule has 0 aliphatic carbocycles. The number of nitrogens with zero attached hydrogens (tertiary/aromatic N) is 4. The number of hydrogen-bond donors (Lipinski definition) is 1. The summed E-state index contributed by atoms with van der Waals surface area (Å²) >= 11 is 0. The van der Waals surface area contributed by atoms with Crippen molar-refractivity contribution in [2.75, 3.05) is 39.8 Å². The standard InChI is InChI=1S/C16H23N5O4S.HI/c1-17-16(18-6-4-15-3-2-11-24-15)20-7-9-21(10-8-20)26(22,23)13-14-5-12-25-19-14;/h2-3,5,11-12H,4,6-10,13H2,1H3,(H,17,18);1H. The monoisotopic (exact) mass is 509 g/mol. The van der Waals surface area contributed by atoms with Crippen LogP contribution in [0.15, 0.2) is 44.7 Å². The summed E-state index contributed by atoms with van der Waals surface area (Å²) in [5.74, 6) is 1.54. The van der Waals surface area contributed by atoms with Gasteiger partial charge >= 0.3 is 0 Å². The van der Waals surface area contributed by atoms with Crippen molar-refractivity contribution in [3.8, 4) is 0 Å². The highest BCUT2D eigenvalue weighted by Crippen LogP contribution is 2.13. The second kappa shape index (κ2) is 10.1. The van der Waals surface area contributed by atoms with Crippen LogP contribution in [0.3, 0.4) is 0 Å². The van der Waals surface area contributed by atoms with E-state index in [2.05, 4.69) is 20.4 Å². The third-order valence-corrected chi connectivity index (χ3v) is 6.01. The minimum absolute atomic E-state index is 0. The smallest absolute Gasteiger partial charge is 0.220 e. The van der Waals surface area contributed by atoms with E-state index in [9.17, 15) is 8.42 Å². The number of halogens is 1. The first kappa shape index (κ1) is 21.7. The predicted molar refractivity (Wildman–Crippen MR) is 111 cm³/mol. The quantitative estimate of drug-likeness (QED) is 0.354. The maximum Gasteiger partial charge on any atom is 0.220 e. The van der Waals surface area contributed by atoms with Gasteiger partial charge in [-0.05, 0) is 12.1 Å². The maximum atomic E-state index is 12.5. The first-order valence-corrected chi connectivity index (χ1v) is 10.0. The minimum atomic E-state index is -3.40. The Morgan fingerprint density at radius 1 is 1.26 bits per heavy atom. The lowest BCUT2D eigenvalue weighted by atomic mass is 10.3. The molecule has 0 saturated carbocycles. The van der Waals surface area contributed by atoms with Gasteiger partial charge in [0.05, 0.1) is 12.0 Å². The highest BCUT2D eigenvalue weighted by Gasteiger charge is 2.28. The topological polar surface area (TPSA) is 104 Å². The molecule has 2 aromatic rings. The van der Waals surface area contributed by atoms with Gasteiger partial charge < -0.3 is 19.2 Å². The molecule has 1 saturated heterocycles. The Hall–Kier alpha value is -1.60. The molecule has 0 radical (unpaired) electrons. The molecule has 0 aromatic carbocycles. The summed E-state index contributed by atoms with van der Waals surface area (Å²) in [5.41, 5.74) is 0.419. The Morgan fingerprint density at radius 2 is 2.04 bits per heavy atom. The van der Waals surface area contributed by atoms with E-state index in [1.165, 1.54) is 10.6 Å². The number of guanidine groups is 1. The molecule has 2 aromatic heterocycles. The highest BCUT2D eigenvalue weighted by atomic mass is 127. The molecule has 0 amide bonds. The molecule has 1 fully saturated rings.